The van der Waals surface area contributed by atoms with Gasteiger partial charge in [-0.25, -0.2) is 4.79 Å². The van der Waals surface area contributed by atoms with E-state index in [9.17, 15) is 22.8 Å². The predicted molar refractivity (Wildman–Crippen MR) is 62.3 cm³/mol. The Labute approximate surface area is 110 Å². The lowest BCUT2D eigenvalue weighted by Gasteiger charge is -2.11. The third-order valence-electron chi connectivity index (χ3n) is 2.76. The SMILES string of the molecule is CCOC(=O)c1sc(=O)n(CC2CC2)c1C(F)(F)F. The van der Waals surface area contributed by atoms with Gasteiger partial charge in [-0.15, -0.1) is 0 Å². The summed E-state index contributed by atoms with van der Waals surface area (Å²) in [5.74, 6) is -0.991. The summed E-state index contributed by atoms with van der Waals surface area (Å²) in [6, 6.07) is 0. The molecule has 0 saturated heterocycles. The Hall–Kier alpha value is -1.31. The van der Waals surface area contributed by atoms with Crippen molar-refractivity contribution in [3.05, 3.63) is 20.2 Å². The number of hydrogen-bond acceptors (Lipinski definition) is 4. The van der Waals surface area contributed by atoms with E-state index in [1.165, 1.54) is 6.92 Å². The number of halogens is 3. The zero-order chi connectivity index (χ0) is 14.2. The quantitative estimate of drug-likeness (QED) is 0.802. The van der Waals surface area contributed by atoms with Gasteiger partial charge in [-0.05, 0) is 25.7 Å². The molecular weight excluding hydrogens is 283 g/mol. The molecule has 106 valence electrons. The minimum atomic E-state index is -4.74. The molecule has 1 aromatic heterocycles. The molecule has 1 fully saturated rings. The largest absolute Gasteiger partial charge is 0.462 e. The van der Waals surface area contributed by atoms with Crippen molar-refractivity contribution < 1.29 is 22.7 Å². The summed E-state index contributed by atoms with van der Waals surface area (Å²) in [4.78, 5) is 21.8. The first kappa shape index (κ1) is 14.1. The van der Waals surface area contributed by atoms with Gasteiger partial charge in [0.15, 0.2) is 5.69 Å². The Balaban J connectivity index is 2.47. The second-order valence-electron chi connectivity index (χ2n) is 4.32. The van der Waals surface area contributed by atoms with Gasteiger partial charge in [0, 0.05) is 6.54 Å². The van der Waals surface area contributed by atoms with E-state index >= 15 is 0 Å². The van der Waals surface area contributed by atoms with Crippen LogP contribution >= 0.6 is 11.3 Å². The van der Waals surface area contributed by atoms with Gasteiger partial charge in [-0.1, -0.05) is 11.3 Å². The Bertz CT molecular complexity index is 542. The topological polar surface area (TPSA) is 48.3 Å². The Morgan fingerprint density at radius 3 is 2.58 bits per heavy atom. The van der Waals surface area contributed by atoms with Crippen molar-refractivity contribution in [2.75, 3.05) is 6.61 Å². The first-order chi connectivity index (χ1) is 8.84. The summed E-state index contributed by atoms with van der Waals surface area (Å²) >= 11 is 0.299. The first-order valence-corrected chi connectivity index (χ1v) is 6.64. The zero-order valence-electron chi connectivity index (χ0n) is 10.1. The molecule has 0 aliphatic heterocycles. The molecule has 0 aromatic carbocycles. The van der Waals surface area contributed by atoms with E-state index < -0.39 is 27.6 Å². The summed E-state index contributed by atoms with van der Waals surface area (Å²) in [5, 5.41) is 0. The van der Waals surface area contributed by atoms with Gasteiger partial charge in [0.05, 0.1) is 6.61 Å². The van der Waals surface area contributed by atoms with Gasteiger partial charge in [0.25, 0.3) is 0 Å². The molecule has 4 nitrogen and oxygen atoms in total. The zero-order valence-corrected chi connectivity index (χ0v) is 10.9. The average Bonchev–Trinajstić information content (AvgIpc) is 3.02. The van der Waals surface area contributed by atoms with Gasteiger partial charge in [-0.2, -0.15) is 13.2 Å². The summed E-state index contributed by atoms with van der Waals surface area (Å²) < 4.78 is 44.3. The van der Waals surface area contributed by atoms with E-state index in [0.717, 1.165) is 12.8 Å². The van der Waals surface area contributed by atoms with Crippen molar-refractivity contribution >= 4 is 17.3 Å². The normalized spacial score (nSPS) is 15.6. The standard InChI is InChI=1S/C11H12F3NO3S/c1-2-18-9(16)7-8(11(12,13)14)15(10(17)19-7)5-6-3-4-6/h6H,2-5H2,1H3. The highest BCUT2D eigenvalue weighted by Gasteiger charge is 2.42. The fourth-order valence-electron chi connectivity index (χ4n) is 1.75. The molecule has 1 aromatic rings. The van der Waals surface area contributed by atoms with Crippen LogP contribution in [0.5, 0.6) is 0 Å². The summed E-state index contributed by atoms with van der Waals surface area (Å²) in [6.07, 6.45) is -3.11. The number of rotatable bonds is 4. The summed E-state index contributed by atoms with van der Waals surface area (Å²) in [6.45, 7) is 1.48. The highest BCUT2D eigenvalue weighted by Crippen LogP contribution is 2.37. The highest BCUT2D eigenvalue weighted by atomic mass is 32.1. The van der Waals surface area contributed by atoms with Crippen LogP contribution in [0.1, 0.15) is 35.1 Å². The van der Waals surface area contributed by atoms with Crippen molar-refractivity contribution in [1.82, 2.24) is 4.57 Å². The number of carbonyl (C=O) groups excluding carboxylic acids is 1. The smallest absolute Gasteiger partial charge is 0.433 e. The molecule has 0 spiro atoms. The van der Waals surface area contributed by atoms with Crippen molar-refractivity contribution in [3.8, 4) is 0 Å². The van der Waals surface area contributed by atoms with E-state index in [2.05, 4.69) is 4.74 Å². The van der Waals surface area contributed by atoms with Crippen molar-refractivity contribution in [2.24, 2.45) is 5.92 Å². The molecule has 1 aliphatic rings. The molecule has 0 radical (unpaired) electrons. The number of hydrogen-bond donors (Lipinski definition) is 0. The van der Waals surface area contributed by atoms with Crippen LogP contribution in [0.25, 0.3) is 0 Å². The molecule has 8 heteroatoms. The van der Waals surface area contributed by atoms with Crippen LogP contribution < -0.4 is 4.87 Å². The van der Waals surface area contributed by atoms with Crippen LogP contribution in [-0.4, -0.2) is 17.1 Å². The Morgan fingerprint density at radius 2 is 2.11 bits per heavy atom. The van der Waals surface area contributed by atoms with Crippen LogP contribution in [0.2, 0.25) is 0 Å². The number of carbonyl (C=O) groups is 1. The molecule has 0 unspecified atom stereocenters. The van der Waals surface area contributed by atoms with E-state index in [1.807, 2.05) is 0 Å². The van der Waals surface area contributed by atoms with E-state index in [4.69, 9.17) is 0 Å². The van der Waals surface area contributed by atoms with Crippen LogP contribution in [0.3, 0.4) is 0 Å². The maximum Gasteiger partial charge on any atom is 0.433 e. The summed E-state index contributed by atoms with van der Waals surface area (Å²) in [5.41, 5.74) is -1.17. The van der Waals surface area contributed by atoms with Gasteiger partial charge < -0.3 is 4.74 Å². The van der Waals surface area contributed by atoms with E-state index in [1.54, 1.807) is 0 Å². The third-order valence-corrected chi connectivity index (χ3v) is 3.72. The van der Waals surface area contributed by atoms with Crippen LogP contribution in [0.4, 0.5) is 13.2 Å². The minimum absolute atomic E-state index is 0.0174. The highest BCUT2D eigenvalue weighted by molar-refractivity contribution is 7.11. The van der Waals surface area contributed by atoms with Crippen molar-refractivity contribution in [3.63, 3.8) is 0 Å². The number of aromatic nitrogens is 1. The fraction of sp³-hybridized carbons (Fsp3) is 0.636. The van der Waals surface area contributed by atoms with Gasteiger partial charge >= 0.3 is 17.0 Å². The second kappa shape index (κ2) is 4.99. The maximum absolute atomic E-state index is 13.0. The molecule has 0 bridgehead atoms. The van der Waals surface area contributed by atoms with Gasteiger partial charge in [-0.3, -0.25) is 9.36 Å². The monoisotopic (exact) mass is 295 g/mol. The lowest BCUT2D eigenvalue weighted by Crippen LogP contribution is -2.24. The number of nitrogens with zero attached hydrogens (tertiary/aromatic N) is 1. The molecule has 1 aliphatic carbocycles. The van der Waals surface area contributed by atoms with Gasteiger partial charge in [0.2, 0.25) is 0 Å². The second-order valence-corrected chi connectivity index (χ2v) is 5.28. The fourth-order valence-corrected chi connectivity index (χ4v) is 2.66. The Kier molecular flexibility index (Phi) is 3.71. The molecule has 1 saturated carbocycles. The molecule has 19 heavy (non-hydrogen) atoms. The van der Waals surface area contributed by atoms with E-state index in [-0.39, 0.29) is 19.1 Å². The van der Waals surface area contributed by atoms with Crippen LogP contribution in [0.15, 0.2) is 4.79 Å². The lowest BCUT2D eigenvalue weighted by atomic mass is 10.3. The number of thiazole rings is 1. The number of alkyl halides is 3. The number of ether oxygens (including phenoxy) is 1. The molecule has 0 N–H and O–H groups in total. The molecule has 0 atom stereocenters. The average molecular weight is 295 g/mol. The molecular formula is C11H12F3NO3S. The molecule has 1 heterocycles. The first-order valence-electron chi connectivity index (χ1n) is 5.82. The van der Waals surface area contributed by atoms with E-state index in [0.29, 0.717) is 15.9 Å². The van der Waals surface area contributed by atoms with Crippen molar-refractivity contribution in [1.29, 1.82) is 0 Å². The third kappa shape index (κ3) is 2.99. The minimum Gasteiger partial charge on any atom is -0.462 e. The Morgan fingerprint density at radius 1 is 1.47 bits per heavy atom. The van der Waals surface area contributed by atoms with Crippen LogP contribution in [-0.2, 0) is 17.5 Å². The maximum atomic E-state index is 13.0. The lowest BCUT2D eigenvalue weighted by molar-refractivity contribution is -0.144. The molecule has 2 rings (SSSR count). The molecule has 0 amide bonds. The predicted octanol–water partition coefficient (Wildman–Crippen LogP) is 2.52. The van der Waals surface area contributed by atoms with Crippen molar-refractivity contribution in [2.45, 2.75) is 32.5 Å². The summed E-state index contributed by atoms with van der Waals surface area (Å²) in [7, 11) is 0. The van der Waals surface area contributed by atoms with Crippen LogP contribution in [0, 0.1) is 5.92 Å². The van der Waals surface area contributed by atoms with Gasteiger partial charge in [0.1, 0.15) is 4.88 Å². The number of esters is 1.